The van der Waals surface area contributed by atoms with Crippen molar-refractivity contribution in [1.82, 2.24) is 4.90 Å². The summed E-state index contributed by atoms with van der Waals surface area (Å²) in [5.41, 5.74) is 7.54. The molecule has 2 aromatic rings. The summed E-state index contributed by atoms with van der Waals surface area (Å²) in [4.78, 5) is 2.66. The summed E-state index contributed by atoms with van der Waals surface area (Å²) >= 11 is 0. The number of fused-ring (bicyclic) bond motifs is 2. The second-order valence-corrected chi connectivity index (χ2v) is 6.39. The number of hydrogen-bond donors (Lipinski definition) is 1. The van der Waals surface area contributed by atoms with Gasteiger partial charge in [0, 0.05) is 18.1 Å². The van der Waals surface area contributed by atoms with Crippen molar-refractivity contribution in [1.29, 1.82) is 0 Å². The molecule has 3 unspecified atom stereocenters. The normalized spacial score (nSPS) is 30.4. The van der Waals surface area contributed by atoms with Crippen molar-refractivity contribution in [3.8, 4) is 0 Å². The first-order valence-electron chi connectivity index (χ1n) is 7.94. The molecule has 2 aliphatic heterocycles. The molecular weight excluding hydrogens is 260 g/mol. The van der Waals surface area contributed by atoms with E-state index in [1.54, 1.807) is 6.26 Å². The topological polar surface area (TPSA) is 42.4 Å². The molecular formula is C18H22N2O. The largest absolute Gasteiger partial charge is 0.467 e. The molecule has 0 spiro atoms. The highest BCUT2D eigenvalue weighted by Gasteiger charge is 2.44. The first-order valence-corrected chi connectivity index (χ1v) is 7.94. The van der Waals surface area contributed by atoms with E-state index in [0.717, 1.165) is 18.6 Å². The van der Waals surface area contributed by atoms with Gasteiger partial charge in [0.05, 0.1) is 12.3 Å². The minimum absolute atomic E-state index is 0.228. The van der Waals surface area contributed by atoms with Crippen LogP contribution in [0.3, 0.4) is 0 Å². The lowest BCUT2D eigenvalue weighted by atomic mass is 9.92. The molecule has 0 radical (unpaired) electrons. The van der Waals surface area contributed by atoms with Gasteiger partial charge in [0.2, 0.25) is 0 Å². The van der Waals surface area contributed by atoms with Gasteiger partial charge in [-0.15, -0.1) is 0 Å². The van der Waals surface area contributed by atoms with E-state index in [-0.39, 0.29) is 6.04 Å². The van der Waals surface area contributed by atoms with Crippen molar-refractivity contribution in [3.63, 3.8) is 0 Å². The number of rotatable bonds is 3. The second-order valence-electron chi connectivity index (χ2n) is 6.39. The molecule has 3 heterocycles. The van der Waals surface area contributed by atoms with Gasteiger partial charge in [-0.2, -0.15) is 0 Å². The molecule has 110 valence electrons. The number of furan rings is 1. The van der Waals surface area contributed by atoms with E-state index >= 15 is 0 Å². The second kappa shape index (κ2) is 5.32. The van der Waals surface area contributed by atoms with Crippen LogP contribution < -0.4 is 5.73 Å². The third-order valence-corrected chi connectivity index (χ3v) is 5.05. The van der Waals surface area contributed by atoms with Crippen LogP contribution in [0.25, 0.3) is 0 Å². The van der Waals surface area contributed by atoms with Crippen molar-refractivity contribution in [2.75, 3.05) is 0 Å². The molecule has 2 saturated heterocycles. The number of benzene rings is 1. The fraction of sp³-hybridized carbons (Fsp3) is 0.444. The molecule has 2 fully saturated rings. The van der Waals surface area contributed by atoms with E-state index in [4.69, 9.17) is 10.2 Å². The van der Waals surface area contributed by atoms with Gasteiger partial charge in [0.1, 0.15) is 5.76 Å². The van der Waals surface area contributed by atoms with Crippen LogP contribution in [0.4, 0.5) is 0 Å². The standard InChI is InChI=1S/C18H22N2O/c19-14-11-15-8-9-16(12-14)20(15)18(17-7-4-10-21-17)13-5-2-1-3-6-13/h1-7,10,14-16,18H,8-9,11-12,19H2. The lowest BCUT2D eigenvalue weighted by Crippen LogP contribution is -2.49. The maximum Gasteiger partial charge on any atom is 0.125 e. The van der Waals surface area contributed by atoms with Crippen LogP contribution in [0, 0.1) is 0 Å². The highest BCUT2D eigenvalue weighted by Crippen LogP contribution is 2.43. The summed E-state index contributed by atoms with van der Waals surface area (Å²) in [5.74, 6) is 1.05. The summed E-state index contributed by atoms with van der Waals surface area (Å²) in [7, 11) is 0. The zero-order valence-corrected chi connectivity index (χ0v) is 12.2. The summed E-state index contributed by atoms with van der Waals surface area (Å²) in [5, 5.41) is 0. The Labute approximate surface area is 125 Å². The van der Waals surface area contributed by atoms with E-state index in [2.05, 4.69) is 41.3 Å². The Morgan fingerprint density at radius 2 is 1.71 bits per heavy atom. The van der Waals surface area contributed by atoms with Gasteiger partial charge in [-0.1, -0.05) is 30.3 Å². The van der Waals surface area contributed by atoms with Crippen LogP contribution >= 0.6 is 0 Å². The highest BCUT2D eigenvalue weighted by molar-refractivity contribution is 5.28. The molecule has 0 aliphatic carbocycles. The van der Waals surface area contributed by atoms with E-state index in [9.17, 15) is 0 Å². The van der Waals surface area contributed by atoms with Crippen molar-refractivity contribution in [2.45, 2.75) is 49.9 Å². The Morgan fingerprint density at radius 1 is 1.00 bits per heavy atom. The minimum atomic E-state index is 0.228. The highest BCUT2D eigenvalue weighted by atomic mass is 16.3. The Morgan fingerprint density at radius 3 is 2.33 bits per heavy atom. The minimum Gasteiger partial charge on any atom is -0.467 e. The molecule has 21 heavy (non-hydrogen) atoms. The fourth-order valence-corrected chi connectivity index (χ4v) is 4.24. The van der Waals surface area contributed by atoms with Gasteiger partial charge in [0.15, 0.2) is 0 Å². The molecule has 2 N–H and O–H groups in total. The Balaban J connectivity index is 1.74. The van der Waals surface area contributed by atoms with E-state index in [1.807, 2.05) is 6.07 Å². The maximum absolute atomic E-state index is 6.23. The monoisotopic (exact) mass is 282 g/mol. The molecule has 0 saturated carbocycles. The van der Waals surface area contributed by atoms with E-state index < -0.39 is 0 Å². The summed E-state index contributed by atoms with van der Waals surface area (Å²) in [6, 6.07) is 16.6. The molecule has 3 heteroatoms. The average molecular weight is 282 g/mol. The smallest absolute Gasteiger partial charge is 0.125 e. The van der Waals surface area contributed by atoms with Gasteiger partial charge in [-0.3, -0.25) is 4.90 Å². The van der Waals surface area contributed by atoms with Gasteiger partial charge >= 0.3 is 0 Å². The zero-order chi connectivity index (χ0) is 14.2. The van der Waals surface area contributed by atoms with Crippen molar-refractivity contribution >= 4 is 0 Å². The number of piperidine rings is 1. The third kappa shape index (κ3) is 2.30. The SMILES string of the molecule is NC1CC2CCC(C1)N2C(c1ccccc1)c1ccco1. The predicted molar refractivity (Wildman–Crippen MR) is 82.9 cm³/mol. The molecule has 2 bridgehead atoms. The molecule has 1 aromatic carbocycles. The van der Waals surface area contributed by atoms with Crippen LogP contribution in [-0.2, 0) is 0 Å². The average Bonchev–Trinajstić information content (AvgIpc) is 3.10. The molecule has 0 amide bonds. The van der Waals surface area contributed by atoms with Crippen LogP contribution in [0.1, 0.15) is 43.0 Å². The van der Waals surface area contributed by atoms with E-state index in [0.29, 0.717) is 18.1 Å². The molecule has 1 aromatic heterocycles. The lowest BCUT2D eigenvalue weighted by molar-refractivity contribution is 0.0845. The molecule has 3 nitrogen and oxygen atoms in total. The number of nitrogens with zero attached hydrogens (tertiary/aromatic N) is 1. The summed E-state index contributed by atoms with van der Waals surface area (Å²) in [6.45, 7) is 0. The molecule has 4 rings (SSSR count). The first kappa shape index (κ1) is 13.1. The Kier molecular flexibility index (Phi) is 3.32. The molecule has 2 aliphatic rings. The van der Waals surface area contributed by atoms with Crippen molar-refractivity contribution in [3.05, 3.63) is 60.1 Å². The summed E-state index contributed by atoms with van der Waals surface area (Å²) in [6.07, 6.45) is 6.54. The Hall–Kier alpha value is -1.58. The Bertz CT molecular complexity index is 567. The van der Waals surface area contributed by atoms with Crippen molar-refractivity contribution in [2.24, 2.45) is 5.73 Å². The maximum atomic E-state index is 6.23. The zero-order valence-electron chi connectivity index (χ0n) is 12.2. The van der Waals surface area contributed by atoms with Gasteiger partial charge < -0.3 is 10.2 Å². The van der Waals surface area contributed by atoms with Gasteiger partial charge in [0.25, 0.3) is 0 Å². The van der Waals surface area contributed by atoms with Crippen molar-refractivity contribution < 1.29 is 4.42 Å². The number of nitrogens with two attached hydrogens (primary N) is 1. The quantitative estimate of drug-likeness (QED) is 0.939. The van der Waals surface area contributed by atoms with Crippen LogP contribution in [0.15, 0.2) is 53.1 Å². The molecule has 3 atom stereocenters. The number of hydrogen-bond acceptors (Lipinski definition) is 3. The predicted octanol–water partition coefficient (Wildman–Crippen LogP) is 3.32. The van der Waals surface area contributed by atoms with E-state index in [1.165, 1.54) is 18.4 Å². The lowest BCUT2D eigenvalue weighted by Gasteiger charge is -2.42. The first-order chi connectivity index (χ1) is 10.3. The van der Waals surface area contributed by atoms with Crippen LogP contribution in [-0.4, -0.2) is 23.0 Å². The third-order valence-electron chi connectivity index (χ3n) is 5.05. The fourth-order valence-electron chi connectivity index (χ4n) is 4.24. The summed E-state index contributed by atoms with van der Waals surface area (Å²) < 4.78 is 5.78. The van der Waals surface area contributed by atoms with Gasteiger partial charge in [-0.25, -0.2) is 0 Å². The van der Waals surface area contributed by atoms with Crippen LogP contribution in [0.5, 0.6) is 0 Å². The van der Waals surface area contributed by atoms with Gasteiger partial charge in [-0.05, 0) is 43.4 Å². The van der Waals surface area contributed by atoms with Crippen LogP contribution in [0.2, 0.25) is 0 Å².